The van der Waals surface area contributed by atoms with E-state index in [2.05, 4.69) is 39.0 Å². The molecule has 1 fully saturated rings. The van der Waals surface area contributed by atoms with E-state index in [9.17, 15) is 18.5 Å². The number of carboxylic acid groups (broad SMARTS) is 1. The van der Waals surface area contributed by atoms with E-state index in [0.717, 1.165) is 77.0 Å². The zero-order valence-corrected chi connectivity index (χ0v) is 24.0. The van der Waals surface area contributed by atoms with Crippen molar-refractivity contribution in [3.63, 3.8) is 0 Å². The van der Waals surface area contributed by atoms with Crippen molar-refractivity contribution in [2.24, 2.45) is 11.8 Å². The van der Waals surface area contributed by atoms with Gasteiger partial charge in [0.25, 0.3) is 0 Å². The summed E-state index contributed by atoms with van der Waals surface area (Å²) in [6.45, 7) is 6.39. The monoisotopic (exact) mass is 548 g/mol. The van der Waals surface area contributed by atoms with Crippen LogP contribution in [0.3, 0.4) is 0 Å². The standard InChI is InChI=1S/C33H37FO4S/c1-5-22-15-26-24(16-27-31(26)32(27)33(35)36)17-29(22)38-18-25-14-23(9-10-28(25)34)30-19(2)12-21(13-20(30)3)8-6-7-11-39(4)37/h9-10,12-15,17,27,31-32H,5-8,11,16,18H2,1-4H3,(H,35,36). The van der Waals surface area contributed by atoms with Crippen LogP contribution >= 0.6 is 0 Å². The first kappa shape index (κ1) is 27.6. The van der Waals surface area contributed by atoms with Gasteiger partial charge in [0.2, 0.25) is 0 Å². The van der Waals surface area contributed by atoms with Crippen LogP contribution in [0.1, 0.15) is 64.6 Å². The molecule has 0 aliphatic heterocycles. The molecule has 4 atom stereocenters. The number of ether oxygens (including phenoxy) is 1. The van der Waals surface area contributed by atoms with Crippen molar-refractivity contribution in [1.82, 2.24) is 0 Å². The van der Waals surface area contributed by atoms with Crippen LogP contribution in [0.5, 0.6) is 5.75 Å². The molecular formula is C33H37FO4S. The summed E-state index contributed by atoms with van der Waals surface area (Å²) in [6, 6.07) is 13.8. The van der Waals surface area contributed by atoms with E-state index in [0.29, 0.717) is 5.56 Å². The van der Waals surface area contributed by atoms with Gasteiger partial charge in [0.1, 0.15) is 18.2 Å². The maximum absolute atomic E-state index is 14.9. The number of fused-ring (bicyclic) bond motifs is 3. The van der Waals surface area contributed by atoms with Crippen molar-refractivity contribution in [1.29, 1.82) is 0 Å². The summed E-state index contributed by atoms with van der Waals surface area (Å²) < 4.78 is 32.4. The lowest BCUT2D eigenvalue weighted by atomic mass is 9.91. The number of rotatable bonds is 11. The van der Waals surface area contributed by atoms with Crippen LogP contribution in [0, 0.1) is 31.5 Å². The van der Waals surface area contributed by atoms with Gasteiger partial charge in [-0.15, -0.1) is 0 Å². The Kier molecular flexibility index (Phi) is 7.95. The summed E-state index contributed by atoms with van der Waals surface area (Å²) in [4.78, 5) is 11.5. The Morgan fingerprint density at radius 2 is 1.82 bits per heavy atom. The molecule has 2 aliphatic rings. The molecule has 6 heteroatoms. The number of unbranched alkanes of at least 4 members (excludes halogenated alkanes) is 1. The second-order valence-corrected chi connectivity index (χ2v) is 12.8. The topological polar surface area (TPSA) is 63.6 Å². The Hall–Kier alpha value is -2.99. The number of carbonyl (C=O) groups is 1. The van der Waals surface area contributed by atoms with E-state index < -0.39 is 16.8 Å². The SMILES string of the molecule is CCc1cc2c(cc1OCc1cc(-c3c(C)cc(CCCCS(C)=O)cc3C)ccc1F)CC1C(C(=O)O)C21. The highest BCUT2D eigenvalue weighted by molar-refractivity contribution is 7.84. The van der Waals surface area contributed by atoms with Crippen molar-refractivity contribution in [3.8, 4) is 16.9 Å². The molecule has 3 aromatic rings. The molecule has 0 aromatic heterocycles. The minimum atomic E-state index is -0.745. The van der Waals surface area contributed by atoms with Crippen LogP contribution < -0.4 is 4.74 Å². The third-order valence-corrected chi connectivity index (χ3v) is 9.29. The molecular weight excluding hydrogens is 511 g/mol. The predicted molar refractivity (Wildman–Crippen MR) is 154 cm³/mol. The summed E-state index contributed by atoms with van der Waals surface area (Å²) in [5.41, 5.74) is 9.56. The number of carboxylic acids is 1. The van der Waals surface area contributed by atoms with E-state index in [1.807, 2.05) is 18.2 Å². The van der Waals surface area contributed by atoms with Gasteiger partial charge in [-0.05, 0) is 115 Å². The fraction of sp³-hybridized carbons (Fsp3) is 0.424. The van der Waals surface area contributed by atoms with Crippen LogP contribution in [0.2, 0.25) is 0 Å². The molecule has 0 amide bonds. The molecule has 1 N–H and O–H groups in total. The van der Waals surface area contributed by atoms with Gasteiger partial charge in [0.15, 0.2) is 0 Å². The normalized spacial score (nSPS) is 19.9. The smallest absolute Gasteiger partial charge is 0.307 e. The molecule has 0 saturated heterocycles. The molecule has 39 heavy (non-hydrogen) atoms. The van der Waals surface area contributed by atoms with Gasteiger partial charge >= 0.3 is 5.97 Å². The summed E-state index contributed by atoms with van der Waals surface area (Å²) in [7, 11) is -0.745. The predicted octanol–water partition coefficient (Wildman–Crippen LogP) is 6.92. The Morgan fingerprint density at radius 1 is 1.08 bits per heavy atom. The minimum Gasteiger partial charge on any atom is -0.489 e. The quantitative estimate of drug-likeness (QED) is 0.264. The van der Waals surface area contributed by atoms with Gasteiger partial charge in [-0.2, -0.15) is 0 Å². The molecule has 0 radical (unpaired) electrons. The first-order chi connectivity index (χ1) is 18.7. The first-order valence-corrected chi connectivity index (χ1v) is 15.6. The fourth-order valence-corrected chi connectivity index (χ4v) is 7.12. The van der Waals surface area contributed by atoms with Gasteiger partial charge in [0.05, 0.1) is 5.92 Å². The molecule has 4 unspecified atom stereocenters. The van der Waals surface area contributed by atoms with Gasteiger partial charge in [-0.25, -0.2) is 4.39 Å². The van der Waals surface area contributed by atoms with Crippen molar-refractivity contribution < 1.29 is 23.2 Å². The zero-order chi connectivity index (χ0) is 27.8. The molecule has 4 nitrogen and oxygen atoms in total. The largest absolute Gasteiger partial charge is 0.489 e. The maximum Gasteiger partial charge on any atom is 0.307 e. The van der Waals surface area contributed by atoms with E-state index in [4.69, 9.17) is 4.74 Å². The molecule has 1 saturated carbocycles. The van der Waals surface area contributed by atoms with Crippen molar-refractivity contribution in [3.05, 3.63) is 87.2 Å². The number of hydrogen-bond donors (Lipinski definition) is 1. The zero-order valence-electron chi connectivity index (χ0n) is 23.2. The highest BCUT2D eigenvalue weighted by Gasteiger charge is 2.59. The molecule has 0 bridgehead atoms. The van der Waals surface area contributed by atoms with E-state index in [1.165, 1.54) is 17.2 Å². The number of halogens is 1. The van der Waals surface area contributed by atoms with Gasteiger partial charge in [-0.3, -0.25) is 9.00 Å². The first-order valence-electron chi connectivity index (χ1n) is 13.9. The Morgan fingerprint density at radius 3 is 2.49 bits per heavy atom. The second kappa shape index (κ2) is 11.2. The minimum absolute atomic E-state index is 0.130. The Labute approximate surface area is 233 Å². The molecule has 0 heterocycles. The maximum atomic E-state index is 14.9. The van der Waals surface area contributed by atoms with Crippen LogP contribution in [0.25, 0.3) is 11.1 Å². The van der Waals surface area contributed by atoms with Gasteiger partial charge in [0, 0.05) is 34.3 Å². The molecule has 3 aromatic carbocycles. The lowest BCUT2D eigenvalue weighted by Crippen LogP contribution is -2.07. The van der Waals surface area contributed by atoms with Gasteiger partial charge in [-0.1, -0.05) is 31.2 Å². The highest BCUT2D eigenvalue weighted by atomic mass is 32.2. The molecule has 2 aliphatic carbocycles. The van der Waals surface area contributed by atoms with Gasteiger partial charge < -0.3 is 9.84 Å². The summed E-state index contributed by atoms with van der Waals surface area (Å²) in [5, 5.41) is 9.45. The number of hydrogen-bond acceptors (Lipinski definition) is 3. The van der Waals surface area contributed by atoms with Crippen LogP contribution in [-0.2, 0) is 41.5 Å². The van der Waals surface area contributed by atoms with Crippen molar-refractivity contribution >= 4 is 16.8 Å². The summed E-state index contributed by atoms with van der Waals surface area (Å²) >= 11 is 0. The van der Waals surface area contributed by atoms with E-state index >= 15 is 0 Å². The molecule has 0 spiro atoms. The van der Waals surface area contributed by atoms with Crippen molar-refractivity contribution in [2.45, 2.75) is 65.4 Å². The number of aliphatic carboxylic acids is 1. The Balaban J connectivity index is 1.32. The summed E-state index contributed by atoms with van der Waals surface area (Å²) in [5.74, 6) is 0.599. The number of aryl methyl sites for hydroxylation is 4. The average molecular weight is 549 g/mol. The average Bonchev–Trinajstić information content (AvgIpc) is 3.49. The van der Waals surface area contributed by atoms with E-state index in [1.54, 1.807) is 6.26 Å². The van der Waals surface area contributed by atoms with Crippen LogP contribution in [0.15, 0.2) is 42.5 Å². The third-order valence-electron chi connectivity index (χ3n) is 8.43. The lowest BCUT2D eigenvalue weighted by molar-refractivity contribution is -0.139. The van der Waals surface area contributed by atoms with Crippen LogP contribution in [-0.4, -0.2) is 27.3 Å². The lowest BCUT2D eigenvalue weighted by Gasteiger charge is -2.17. The highest BCUT2D eigenvalue weighted by Crippen LogP contribution is 2.62. The third kappa shape index (κ3) is 5.67. The Bertz CT molecular complexity index is 1420. The molecule has 206 valence electrons. The van der Waals surface area contributed by atoms with Crippen molar-refractivity contribution in [2.75, 3.05) is 12.0 Å². The van der Waals surface area contributed by atoms with Crippen LogP contribution in [0.4, 0.5) is 4.39 Å². The summed E-state index contributed by atoms with van der Waals surface area (Å²) in [6.07, 6.45) is 6.22. The second-order valence-electron chi connectivity index (χ2n) is 11.2. The fourth-order valence-electron chi connectivity index (χ4n) is 6.51. The van der Waals surface area contributed by atoms with E-state index in [-0.39, 0.29) is 30.2 Å². The molecule has 5 rings (SSSR count). The number of benzene rings is 3.